The molecule has 0 unspecified atom stereocenters. The molecule has 2 aromatic rings. The van der Waals surface area contributed by atoms with Crippen molar-refractivity contribution >= 4 is 11.9 Å². The topological polar surface area (TPSA) is 74.3 Å². The molecule has 3 amide bonds. The number of pyridine rings is 1. The summed E-state index contributed by atoms with van der Waals surface area (Å²) in [7, 11) is 0. The first kappa shape index (κ1) is 18.8. The standard InChI is InChI=1S/C20H23FN4O2/c1-14-10-16(2-4-18(14)21)11-23-20(27)25(12-15-6-8-22-9-7-15)13-17-3-5-19(26)24-17/h2,4,6-10,17H,3,5,11-13H2,1H3,(H,23,27)(H,24,26)/t17-/m0/s1. The molecule has 2 N–H and O–H groups in total. The molecule has 1 aromatic carbocycles. The molecule has 0 saturated carbocycles. The monoisotopic (exact) mass is 370 g/mol. The fraction of sp³-hybridized carbons (Fsp3) is 0.350. The first-order valence-electron chi connectivity index (χ1n) is 8.97. The van der Waals surface area contributed by atoms with Gasteiger partial charge in [0, 0.05) is 44.5 Å². The maximum atomic E-state index is 13.4. The van der Waals surface area contributed by atoms with E-state index in [0.29, 0.717) is 31.6 Å². The van der Waals surface area contributed by atoms with Gasteiger partial charge in [0.1, 0.15) is 5.82 Å². The van der Waals surface area contributed by atoms with Crippen molar-refractivity contribution in [2.24, 2.45) is 0 Å². The molecule has 1 aliphatic rings. The second-order valence-corrected chi connectivity index (χ2v) is 6.78. The van der Waals surface area contributed by atoms with Crippen molar-refractivity contribution in [3.8, 4) is 0 Å². The second kappa shape index (κ2) is 8.62. The zero-order valence-electron chi connectivity index (χ0n) is 15.2. The van der Waals surface area contributed by atoms with Gasteiger partial charge >= 0.3 is 6.03 Å². The van der Waals surface area contributed by atoms with Crippen molar-refractivity contribution in [1.29, 1.82) is 0 Å². The third-order valence-electron chi connectivity index (χ3n) is 4.60. The summed E-state index contributed by atoms with van der Waals surface area (Å²) >= 11 is 0. The van der Waals surface area contributed by atoms with E-state index in [1.54, 1.807) is 36.4 Å². The average molecular weight is 370 g/mol. The second-order valence-electron chi connectivity index (χ2n) is 6.78. The summed E-state index contributed by atoms with van der Waals surface area (Å²) in [5, 5.41) is 5.79. The molecule has 142 valence electrons. The summed E-state index contributed by atoms with van der Waals surface area (Å²) in [6, 6.07) is 8.23. The Labute approximate surface area is 157 Å². The third-order valence-corrected chi connectivity index (χ3v) is 4.60. The molecular weight excluding hydrogens is 347 g/mol. The van der Waals surface area contributed by atoms with Gasteiger partial charge in [-0.2, -0.15) is 0 Å². The van der Waals surface area contributed by atoms with Crippen LogP contribution in [0.2, 0.25) is 0 Å². The van der Waals surface area contributed by atoms with E-state index in [-0.39, 0.29) is 23.8 Å². The largest absolute Gasteiger partial charge is 0.352 e. The molecule has 1 atom stereocenters. The molecular formula is C20H23FN4O2. The molecule has 6 nitrogen and oxygen atoms in total. The summed E-state index contributed by atoms with van der Waals surface area (Å²) in [5.41, 5.74) is 2.34. The number of urea groups is 1. The minimum atomic E-state index is -0.263. The van der Waals surface area contributed by atoms with Crippen molar-refractivity contribution < 1.29 is 14.0 Å². The van der Waals surface area contributed by atoms with Gasteiger partial charge in [-0.3, -0.25) is 9.78 Å². The van der Waals surface area contributed by atoms with Crippen molar-refractivity contribution in [3.05, 3.63) is 65.2 Å². The van der Waals surface area contributed by atoms with Gasteiger partial charge in [-0.25, -0.2) is 9.18 Å². The number of hydrogen-bond acceptors (Lipinski definition) is 3. The summed E-state index contributed by atoms with van der Waals surface area (Å²) in [6.07, 6.45) is 4.58. The first-order chi connectivity index (χ1) is 13.0. The number of aromatic nitrogens is 1. The number of halogens is 1. The third kappa shape index (κ3) is 5.26. The fourth-order valence-electron chi connectivity index (χ4n) is 3.11. The van der Waals surface area contributed by atoms with Crippen LogP contribution in [0.3, 0.4) is 0 Å². The number of aryl methyl sites for hydroxylation is 1. The SMILES string of the molecule is Cc1cc(CNC(=O)N(Cc2ccncc2)C[C@@H]2CCC(=O)N2)ccc1F. The molecule has 0 spiro atoms. The summed E-state index contributed by atoms with van der Waals surface area (Å²) in [6.45, 7) is 2.86. The van der Waals surface area contributed by atoms with Crippen molar-refractivity contribution in [2.75, 3.05) is 6.54 Å². The normalized spacial score (nSPS) is 16.1. The van der Waals surface area contributed by atoms with E-state index in [4.69, 9.17) is 0 Å². The predicted molar refractivity (Wildman–Crippen MR) is 99.2 cm³/mol. The van der Waals surface area contributed by atoms with E-state index in [0.717, 1.165) is 17.5 Å². The van der Waals surface area contributed by atoms with Crippen LogP contribution >= 0.6 is 0 Å². The number of nitrogens with zero attached hydrogens (tertiary/aromatic N) is 2. The number of rotatable bonds is 6. The molecule has 1 aliphatic heterocycles. The molecule has 7 heteroatoms. The molecule has 27 heavy (non-hydrogen) atoms. The maximum absolute atomic E-state index is 13.4. The Morgan fingerprint density at radius 2 is 2.07 bits per heavy atom. The van der Waals surface area contributed by atoms with Gasteiger partial charge in [0.15, 0.2) is 0 Å². The Kier molecular flexibility index (Phi) is 6.01. The van der Waals surface area contributed by atoms with Crippen molar-refractivity contribution in [3.63, 3.8) is 0 Å². The van der Waals surface area contributed by atoms with Crippen LogP contribution in [0.15, 0.2) is 42.7 Å². The predicted octanol–water partition coefficient (Wildman–Crippen LogP) is 2.52. The van der Waals surface area contributed by atoms with E-state index in [1.807, 2.05) is 12.1 Å². The molecule has 1 saturated heterocycles. The quantitative estimate of drug-likeness (QED) is 0.821. The first-order valence-corrected chi connectivity index (χ1v) is 8.97. The van der Waals surface area contributed by atoms with Gasteiger partial charge in [0.2, 0.25) is 5.91 Å². The van der Waals surface area contributed by atoms with E-state index in [9.17, 15) is 14.0 Å². The molecule has 1 aromatic heterocycles. The lowest BCUT2D eigenvalue weighted by Crippen LogP contribution is -2.45. The Morgan fingerprint density at radius 1 is 1.30 bits per heavy atom. The Hall–Kier alpha value is -2.96. The van der Waals surface area contributed by atoms with Crippen LogP contribution in [-0.2, 0) is 17.9 Å². The van der Waals surface area contributed by atoms with Gasteiger partial charge in [-0.15, -0.1) is 0 Å². The molecule has 2 heterocycles. The molecule has 1 fully saturated rings. The zero-order chi connectivity index (χ0) is 19.2. The Bertz CT molecular complexity index is 813. The number of nitrogens with one attached hydrogen (secondary N) is 2. The highest BCUT2D eigenvalue weighted by molar-refractivity contribution is 5.79. The number of benzene rings is 1. The maximum Gasteiger partial charge on any atom is 0.318 e. The van der Waals surface area contributed by atoms with Crippen molar-refractivity contribution in [2.45, 2.75) is 38.9 Å². The smallest absolute Gasteiger partial charge is 0.318 e. The number of hydrogen-bond donors (Lipinski definition) is 2. The van der Waals surface area contributed by atoms with Gasteiger partial charge in [0.25, 0.3) is 0 Å². The van der Waals surface area contributed by atoms with Crippen LogP contribution in [0.4, 0.5) is 9.18 Å². The highest BCUT2D eigenvalue weighted by atomic mass is 19.1. The summed E-state index contributed by atoms with van der Waals surface area (Å²) < 4.78 is 13.4. The fourth-order valence-corrected chi connectivity index (χ4v) is 3.11. The van der Waals surface area contributed by atoms with Crippen LogP contribution < -0.4 is 10.6 Å². The van der Waals surface area contributed by atoms with Crippen LogP contribution in [0.1, 0.15) is 29.5 Å². The lowest BCUT2D eigenvalue weighted by atomic mass is 10.1. The lowest BCUT2D eigenvalue weighted by molar-refractivity contribution is -0.119. The number of amides is 3. The summed E-state index contributed by atoms with van der Waals surface area (Å²) in [5.74, 6) is -0.243. The van der Waals surface area contributed by atoms with Crippen LogP contribution in [0.5, 0.6) is 0 Å². The van der Waals surface area contributed by atoms with Gasteiger partial charge in [0.05, 0.1) is 0 Å². The van der Waals surface area contributed by atoms with E-state index < -0.39 is 0 Å². The molecule has 0 aliphatic carbocycles. The van der Waals surface area contributed by atoms with Gasteiger partial charge < -0.3 is 15.5 Å². The average Bonchev–Trinajstić information content (AvgIpc) is 3.07. The minimum absolute atomic E-state index is 0.0195. The van der Waals surface area contributed by atoms with Gasteiger partial charge in [-0.1, -0.05) is 12.1 Å². The van der Waals surface area contributed by atoms with E-state index >= 15 is 0 Å². The lowest BCUT2D eigenvalue weighted by Gasteiger charge is -2.26. The molecule has 0 bridgehead atoms. The van der Waals surface area contributed by atoms with E-state index in [1.165, 1.54) is 6.07 Å². The van der Waals surface area contributed by atoms with Crippen LogP contribution in [0, 0.1) is 12.7 Å². The highest BCUT2D eigenvalue weighted by Crippen LogP contribution is 2.12. The van der Waals surface area contributed by atoms with Crippen molar-refractivity contribution in [1.82, 2.24) is 20.5 Å². The number of carbonyl (C=O) groups excluding carboxylic acids is 2. The number of carbonyl (C=O) groups is 2. The molecule has 0 radical (unpaired) electrons. The van der Waals surface area contributed by atoms with E-state index in [2.05, 4.69) is 15.6 Å². The van der Waals surface area contributed by atoms with Crippen LogP contribution in [0.25, 0.3) is 0 Å². The summed E-state index contributed by atoms with van der Waals surface area (Å²) in [4.78, 5) is 29.9. The zero-order valence-corrected chi connectivity index (χ0v) is 15.2. The Balaban J connectivity index is 1.65. The Morgan fingerprint density at radius 3 is 2.74 bits per heavy atom. The van der Waals surface area contributed by atoms with Gasteiger partial charge in [-0.05, 0) is 48.2 Å². The van der Waals surface area contributed by atoms with Crippen LogP contribution in [-0.4, -0.2) is 34.4 Å². The highest BCUT2D eigenvalue weighted by Gasteiger charge is 2.25. The minimum Gasteiger partial charge on any atom is -0.352 e. The molecule has 3 rings (SSSR count).